The van der Waals surface area contributed by atoms with Crippen LogP contribution in [0.15, 0.2) is 49.8 Å². The molecule has 0 aliphatic carbocycles. The fourth-order valence-electron chi connectivity index (χ4n) is 2.17. The summed E-state index contributed by atoms with van der Waals surface area (Å²) in [6.07, 6.45) is 0. The molecule has 2 atom stereocenters. The van der Waals surface area contributed by atoms with E-state index in [1.54, 1.807) is 30.3 Å². The summed E-state index contributed by atoms with van der Waals surface area (Å²) in [4.78, 5) is 62.5. The Balaban J connectivity index is 1.99. The first-order valence-electron chi connectivity index (χ1n) is 8.62. The molecule has 2 unspecified atom stereocenters. The molecule has 0 aliphatic heterocycles. The number of ether oxygens (including phenoxy) is 1. The number of benzene rings is 1. The van der Waals surface area contributed by atoms with Crippen LogP contribution in [-0.4, -0.2) is 42.3 Å². The molecule has 0 radical (unpaired) electrons. The van der Waals surface area contributed by atoms with Crippen LogP contribution in [-0.2, 0) is 38.3 Å². The largest absolute Gasteiger partial charge is 0.490 e. The molecular weight excluding hydrogens is 529 g/mol. The van der Waals surface area contributed by atoms with E-state index in [4.69, 9.17) is 19.4 Å². The Morgan fingerprint density at radius 2 is 1.61 bits per heavy atom. The smallest absolute Gasteiger partial charge is 0.358 e. The van der Waals surface area contributed by atoms with Gasteiger partial charge in [0, 0.05) is 10.5 Å². The molecular formula is C14H19N2O13P3S. The summed E-state index contributed by atoms with van der Waals surface area (Å²) in [6.45, 7) is -0.00817. The molecule has 1 aromatic heterocycles. The fourth-order valence-corrected chi connectivity index (χ4v) is 6.18. The Morgan fingerprint density at radius 3 is 2.21 bits per heavy atom. The Hall–Kier alpha value is -1.38. The van der Waals surface area contributed by atoms with Crippen LogP contribution in [0.1, 0.15) is 5.56 Å². The van der Waals surface area contributed by atoms with E-state index in [0.29, 0.717) is 5.03 Å². The van der Waals surface area contributed by atoms with Gasteiger partial charge in [-0.25, -0.2) is 18.5 Å². The van der Waals surface area contributed by atoms with Gasteiger partial charge in [-0.1, -0.05) is 30.0 Å². The van der Waals surface area contributed by atoms with Crippen molar-refractivity contribution >= 4 is 35.2 Å². The second-order valence-electron chi connectivity index (χ2n) is 5.99. The maximum atomic E-state index is 12.2. The van der Waals surface area contributed by atoms with Crippen molar-refractivity contribution in [1.29, 1.82) is 0 Å². The van der Waals surface area contributed by atoms with Crippen molar-refractivity contribution in [3.63, 3.8) is 0 Å². The van der Waals surface area contributed by atoms with E-state index in [0.717, 1.165) is 21.2 Å². The van der Waals surface area contributed by atoms with Crippen LogP contribution in [0.4, 0.5) is 0 Å². The van der Waals surface area contributed by atoms with E-state index in [2.05, 4.69) is 18.1 Å². The highest BCUT2D eigenvalue weighted by Crippen LogP contribution is 2.66. The van der Waals surface area contributed by atoms with E-state index in [1.807, 2.05) is 0 Å². The molecule has 15 nitrogen and oxygen atoms in total. The van der Waals surface area contributed by atoms with Crippen molar-refractivity contribution in [2.45, 2.75) is 23.6 Å². The predicted molar refractivity (Wildman–Crippen MR) is 112 cm³/mol. The van der Waals surface area contributed by atoms with E-state index in [-0.39, 0.29) is 5.56 Å². The Bertz CT molecular complexity index is 1230. The van der Waals surface area contributed by atoms with Gasteiger partial charge in [0.05, 0.1) is 18.2 Å². The predicted octanol–water partition coefficient (Wildman–Crippen LogP) is 1.31. The quantitative estimate of drug-likeness (QED) is 0.143. The normalized spacial score (nSPS) is 15.7. The zero-order valence-corrected chi connectivity index (χ0v) is 20.2. The second kappa shape index (κ2) is 11.4. The number of H-pyrrole nitrogens is 1. The van der Waals surface area contributed by atoms with Crippen molar-refractivity contribution in [3.8, 4) is 0 Å². The van der Waals surface area contributed by atoms with E-state index in [9.17, 15) is 28.2 Å². The summed E-state index contributed by atoms with van der Waals surface area (Å²) in [6, 6.07) is 8.87. The Kier molecular flexibility index (Phi) is 9.59. The maximum absolute atomic E-state index is 12.2. The van der Waals surface area contributed by atoms with Crippen molar-refractivity contribution < 1.29 is 51.2 Å². The minimum Gasteiger partial charge on any atom is -0.358 e. The third-order valence-corrected chi connectivity index (χ3v) is 8.51. The van der Waals surface area contributed by atoms with Gasteiger partial charge in [-0.2, -0.15) is 8.62 Å². The number of phosphoric ester groups is 1. The molecule has 0 saturated heterocycles. The lowest BCUT2D eigenvalue weighted by Crippen LogP contribution is -2.33. The highest BCUT2D eigenvalue weighted by Gasteiger charge is 2.40. The molecule has 2 rings (SSSR count). The molecule has 1 heterocycles. The lowest BCUT2D eigenvalue weighted by atomic mass is 10.4. The number of hydrogen-bond donors (Lipinski definition) is 5. The third-order valence-electron chi connectivity index (χ3n) is 3.45. The summed E-state index contributed by atoms with van der Waals surface area (Å²) >= 11 is 1.14. The maximum Gasteiger partial charge on any atom is 0.490 e. The summed E-state index contributed by atoms with van der Waals surface area (Å²) in [5.74, 6) is 0. The SMILES string of the molecule is Cc1c(Sc2ccccc2)n(COCCOP(=O)(O)OP(=O)(O)OP(=O)(O)O)c(=O)[nH]c1=O. The Labute approximate surface area is 189 Å². The minimum atomic E-state index is -5.62. The average Bonchev–Trinajstić information content (AvgIpc) is 2.65. The lowest BCUT2D eigenvalue weighted by Gasteiger charge is -2.17. The molecule has 0 amide bonds. The number of aromatic amines is 1. The molecule has 184 valence electrons. The monoisotopic (exact) mass is 548 g/mol. The van der Waals surface area contributed by atoms with Gasteiger partial charge in [-0.05, 0) is 19.1 Å². The topological polar surface area (TPSA) is 224 Å². The minimum absolute atomic E-state index is 0.250. The van der Waals surface area contributed by atoms with Crippen LogP contribution in [0.5, 0.6) is 0 Å². The molecule has 0 aliphatic rings. The number of phosphoric acid groups is 3. The first-order chi connectivity index (χ1) is 15.2. The lowest BCUT2D eigenvalue weighted by molar-refractivity contribution is 0.0390. The fraction of sp³-hybridized carbons (Fsp3) is 0.286. The van der Waals surface area contributed by atoms with Gasteiger partial charge in [0.1, 0.15) is 6.73 Å². The highest BCUT2D eigenvalue weighted by atomic mass is 32.2. The van der Waals surface area contributed by atoms with Crippen LogP contribution in [0.25, 0.3) is 0 Å². The number of nitrogens with zero attached hydrogens (tertiary/aromatic N) is 1. The van der Waals surface area contributed by atoms with E-state index in [1.165, 1.54) is 6.92 Å². The van der Waals surface area contributed by atoms with E-state index >= 15 is 0 Å². The number of nitrogens with one attached hydrogen (secondary N) is 1. The molecule has 0 fully saturated rings. The highest BCUT2D eigenvalue weighted by molar-refractivity contribution is 7.99. The first-order valence-corrected chi connectivity index (χ1v) is 14.0. The average molecular weight is 548 g/mol. The van der Waals surface area contributed by atoms with Crippen molar-refractivity contribution in [1.82, 2.24) is 9.55 Å². The van der Waals surface area contributed by atoms with Gasteiger partial charge in [0.15, 0.2) is 0 Å². The second-order valence-corrected chi connectivity index (χ2v) is 11.5. The van der Waals surface area contributed by atoms with Crippen molar-refractivity contribution in [3.05, 3.63) is 56.7 Å². The Morgan fingerprint density at radius 1 is 0.970 bits per heavy atom. The summed E-state index contributed by atoms with van der Waals surface area (Å²) in [5, 5.41) is 0.294. The molecule has 0 bridgehead atoms. The molecule has 1 aromatic carbocycles. The van der Waals surface area contributed by atoms with E-state index < -0.39 is 54.7 Å². The molecule has 19 heteroatoms. The van der Waals surface area contributed by atoms with Gasteiger partial charge in [-0.3, -0.25) is 18.9 Å². The molecule has 33 heavy (non-hydrogen) atoms. The van der Waals surface area contributed by atoms with Crippen molar-refractivity contribution in [2.24, 2.45) is 0 Å². The van der Waals surface area contributed by atoms with Crippen LogP contribution in [0.2, 0.25) is 0 Å². The third kappa shape index (κ3) is 9.41. The van der Waals surface area contributed by atoms with Crippen LogP contribution >= 0.6 is 35.2 Å². The zero-order valence-electron chi connectivity index (χ0n) is 16.7. The zero-order chi connectivity index (χ0) is 24.9. The van der Waals surface area contributed by atoms with Gasteiger partial charge in [0.2, 0.25) is 0 Å². The molecule has 2 aromatic rings. The number of hydrogen-bond acceptors (Lipinski definition) is 10. The number of rotatable bonds is 12. The van der Waals surface area contributed by atoms with Gasteiger partial charge < -0.3 is 24.3 Å². The molecule has 0 saturated carbocycles. The molecule has 5 N–H and O–H groups in total. The summed E-state index contributed by atoms with van der Waals surface area (Å²) < 4.78 is 51.3. The standard InChI is InChI=1S/C14H19N2O13P3S/c1-10-12(17)15-14(18)16(13(10)33-11-5-3-2-4-6-11)9-26-7-8-27-31(22,23)29-32(24,25)28-30(19,20)21/h2-6H,7-9H2,1H3,(H,22,23)(H,24,25)(H,15,17,18)(H2,19,20,21). The van der Waals surface area contributed by atoms with Gasteiger partial charge in [-0.15, -0.1) is 0 Å². The number of aromatic nitrogens is 2. The van der Waals surface area contributed by atoms with Crippen LogP contribution in [0, 0.1) is 6.92 Å². The van der Waals surface area contributed by atoms with Gasteiger partial charge in [0.25, 0.3) is 5.56 Å². The molecule has 0 spiro atoms. The summed E-state index contributed by atoms with van der Waals surface area (Å²) in [5.41, 5.74) is -1.10. The van der Waals surface area contributed by atoms with Crippen molar-refractivity contribution in [2.75, 3.05) is 13.2 Å². The van der Waals surface area contributed by atoms with Crippen LogP contribution in [0.3, 0.4) is 0 Å². The first kappa shape index (κ1) is 27.9. The van der Waals surface area contributed by atoms with Crippen LogP contribution < -0.4 is 11.2 Å². The van der Waals surface area contributed by atoms with Gasteiger partial charge >= 0.3 is 29.2 Å². The summed E-state index contributed by atoms with van der Waals surface area (Å²) in [7, 11) is -16.4.